The van der Waals surface area contributed by atoms with E-state index in [4.69, 9.17) is 17.0 Å². The molecule has 0 atom stereocenters. The standard InChI is InChI=1S/C24H21ClFN3O2S/c1-3-20(31)29-11-14(12-29)28(2)24(32)18-10-19(25)21(22(26)23(18)27)17-9-15(30)8-13-6-4-5-7-16(13)17/h3-10,14,27,30,32H,1,11-12H2,2H3/b24-18-,27-23?. The molecule has 1 amide bonds. The first kappa shape index (κ1) is 22.2. The summed E-state index contributed by atoms with van der Waals surface area (Å²) in [6.45, 7) is 4.46. The molecule has 0 radical (unpaired) electrons. The van der Waals surface area contributed by atoms with Gasteiger partial charge in [0.1, 0.15) is 11.5 Å². The zero-order chi connectivity index (χ0) is 23.2. The Morgan fingerprint density at radius 1 is 1.38 bits per heavy atom. The van der Waals surface area contributed by atoms with Crippen LogP contribution in [0.5, 0.6) is 5.75 Å². The predicted octanol–water partition coefficient (Wildman–Crippen LogP) is 4.85. The van der Waals surface area contributed by atoms with E-state index in [0.29, 0.717) is 29.1 Å². The largest absolute Gasteiger partial charge is 0.508 e. The zero-order valence-electron chi connectivity index (χ0n) is 17.3. The van der Waals surface area contributed by atoms with Crippen molar-refractivity contribution in [3.05, 3.63) is 82.2 Å². The molecular weight excluding hydrogens is 449 g/mol. The van der Waals surface area contributed by atoms with E-state index in [1.807, 2.05) is 29.2 Å². The first-order chi connectivity index (χ1) is 15.2. The van der Waals surface area contributed by atoms with Crippen LogP contribution in [0.25, 0.3) is 16.3 Å². The van der Waals surface area contributed by atoms with Crippen LogP contribution in [-0.2, 0) is 4.79 Å². The normalized spacial score (nSPS) is 18.4. The van der Waals surface area contributed by atoms with Crippen molar-refractivity contribution < 1.29 is 14.3 Å². The topological polar surface area (TPSA) is 67.6 Å². The summed E-state index contributed by atoms with van der Waals surface area (Å²) < 4.78 is 15.5. The highest BCUT2D eigenvalue weighted by Gasteiger charge is 2.34. The van der Waals surface area contributed by atoms with Crippen molar-refractivity contribution in [1.29, 1.82) is 5.41 Å². The smallest absolute Gasteiger partial charge is 0.246 e. The number of hydrogen-bond donors (Lipinski definition) is 3. The highest BCUT2D eigenvalue weighted by molar-refractivity contribution is 7.84. The SMILES string of the molecule is C=CC(=O)N1CC(N(C)/C(S)=C2\C=C(Cl)C(c3cc(O)cc4ccccc34)=C(F)C2=N)C1. The molecule has 8 heteroatoms. The number of carbonyl (C=O) groups is 1. The number of phenols is 1. The van der Waals surface area contributed by atoms with Gasteiger partial charge in [0.15, 0.2) is 5.83 Å². The molecule has 1 aliphatic heterocycles. The Morgan fingerprint density at radius 3 is 2.75 bits per heavy atom. The average molecular weight is 470 g/mol. The van der Waals surface area contributed by atoms with Gasteiger partial charge in [-0.25, -0.2) is 4.39 Å². The van der Waals surface area contributed by atoms with Gasteiger partial charge in [-0.05, 0) is 40.6 Å². The monoisotopic (exact) mass is 469 g/mol. The van der Waals surface area contributed by atoms with Crippen LogP contribution in [-0.4, -0.2) is 52.7 Å². The lowest BCUT2D eigenvalue weighted by molar-refractivity contribution is -0.132. The van der Waals surface area contributed by atoms with Crippen LogP contribution in [0.1, 0.15) is 5.56 Å². The quantitative estimate of drug-likeness (QED) is 0.443. The molecule has 4 rings (SSSR count). The van der Waals surface area contributed by atoms with E-state index >= 15 is 4.39 Å². The van der Waals surface area contributed by atoms with Crippen molar-refractivity contribution in [2.24, 2.45) is 0 Å². The maximum atomic E-state index is 15.5. The van der Waals surface area contributed by atoms with Crippen molar-refractivity contribution in [3.63, 3.8) is 0 Å². The summed E-state index contributed by atoms with van der Waals surface area (Å²) in [7, 11) is 1.78. The van der Waals surface area contributed by atoms with Crippen molar-refractivity contribution in [1.82, 2.24) is 9.80 Å². The number of rotatable bonds is 4. The number of phenolic OH excluding ortho intramolecular Hbond substituents is 1. The van der Waals surface area contributed by atoms with Crippen LogP contribution in [0.2, 0.25) is 0 Å². The number of nitrogens with zero attached hydrogens (tertiary/aromatic N) is 2. The Hall–Kier alpha value is -3.03. The third-order valence-corrected chi connectivity index (χ3v) is 6.66. The lowest BCUT2D eigenvalue weighted by atomic mass is 9.90. The maximum absolute atomic E-state index is 15.5. The second kappa shape index (κ2) is 8.48. The Balaban J connectivity index is 1.70. The number of carbonyl (C=O) groups excluding carboxylic acids is 1. The highest BCUT2D eigenvalue weighted by Crippen LogP contribution is 2.42. The first-order valence-corrected chi connectivity index (χ1v) is 10.7. The molecule has 0 saturated carbocycles. The van der Waals surface area contributed by atoms with Crippen LogP contribution in [0.4, 0.5) is 4.39 Å². The number of fused-ring (bicyclic) bond motifs is 1. The van der Waals surface area contributed by atoms with Gasteiger partial charge in [-0.3, -0.25) is 10.2 Å². The Kier molecular flexibility index (Phi) is 5.88. The van der Waals surface area contributed by atoms with Gasteiger partial charge in [-0.1, -0.05) is 42.4 Å². The summed E-state index contributed by atoms with van der Waals surface area (Å²) in [5, 5.41) is 20.5. The molecule has 2 N–H and O–H groups in total. The number of aromatic hydroxyl groups is 1. The second-order valence-corrected chi connectivity index (χ2v) is 8.55. The molecule has 32 heavy (non-hydrogen) atoms. The summed E-state index contributed by atoms with van der Waals surface area (Å²) >= 11 is 11.1. The predicted molar refractivity (Wildman–Crippen MR) is 130 cm³/mol. The number of benzene rings is 2. The number of likely N-dealkylation sites (tertiary alicyclic amines) is 1. The zero-order valence-corrected chi connectivity index (χ0v) is 18.9. The van der Waals surface area contributed by atoms with E-state index in [1.54, 1.807) is 18.0 Å². The maximum Gasteiger partial charge on any atom is 0.246 e. The lowest BCUT2D eigenvalue weighted by Gasteiger charge is -2.44. The molecule has 2 aromatic carbocycles. The molecule has 0 aromatic heterocycles. The average Bonchev–Trinajstić information content (AvgIpc) is 2.74. The Labute approximate surface area is 195 Å². The molecule has 5 nitrogen and oxygen atoms in total. The summed E-state index contributed by atoms with van der Waals surface area (Å²) in [6, 6.07) is 10.3. The minimum absolute atomic E-state index is 0.0117. The number of hydrogen-bond acceptors (Lipinski definition) is 5. The summed E-state index contributed by atoms with van der Waals surface area (Å²) in [5.41, 5.74) is 0.379. The van der Waals surface area contributed by atoms with E-state index in [0.717, 1.165) is 5.39 Å². The van der Waals surface area contributed by atoms with Gasteiger partial charge < -0.3 is 14.9 Å². The fourth-order valence-corrected chi connectivity index (χ4v) is 4.55. The number of thiol groups is 1. The van der Waals surface area contributed by atoms with Crippen LogP contribution >= 0.6 is 24.2 Å². The first-order valence-electron chi connectivity index (χ1n) is 9.89. The molecule has 0 spiro atoms. The molecule has 2 aliphatic rings. The molecule has 1 saturated heterocycles. The van der Waals surface area contributed by atoms with Gasteiger partial charge in [0.2, 0.25) is 5.91 Å². The van der Waals surface area contributed by atoms with E-state index in [2.05, 4.69) is 19.2 Å². The van der Waals surface area contributed by atoms with E-state index in [-0.39, 0.29) is 39.6 Å². The molecule has 164 valence electrons. The van der Waals surface area contributed by atoms with Gasteiger partial charge in [0.25, 0.3) is 0 Å². The molecule has 0 unspecified atom stereocenters. The van der Waals surface area contributed by atoms with Gasteiger partial charge in [-0.15, -0.1) is 12.6 Å². The minimum Gasteiger partial charge on any atom is -0.508 e. The molecule has 1 fully saturated rings. The lowest BCUT2D eigenvalue weighted by Crippen LogP contribution is -2.59. The van der Waals surface area contributed by atoms with Crippen molar-refractivity contribution in [2.75, 3.05) is 20.1 Å². The van der Waals surface area contributed by atoms with Gasteiger partial charge in [0.05, 0.1) is 16.1 Å². The van der Waals surface area contributed by atoms with E-state index in [9.17, 15) is 9.90 Å². The molecular formula is C24H21ClFN3O2S. The van der Waals surface area contributed by atoms with Gasteiger partial charge >= 0.3 is 0 Å². The fraction of sp³-hybridized carbons (Fsp3) is 0.167. The third kappa shape index (κ3) is 3.72. The third-order valence-electron chi connectivity index (χ3n) is 5.81. The fourth-order valence-electron chi connectivity index (χ4n) is 3.92. The van der Waals surface area contributed by atoms with Gasteiger partial charge in [0, 0.05) is 31.3 Å². The molecule has 1 aliphatic carbocycles. The summed E-state index contributed by atoms with van der Waals surface area (Å²) in [4.78, 5) is 15.1. The van der Waals surface area contributed by atoms with Gasteiger partial charge in [-0.2, -0.15) is 0 Å². The number of amides is 1. The van der Waals surface area contributed by atoms with Crippen molar-refractivity contribution >= 4 is 52.2 Å². The number of likely N-dealkylation sites (N-methyl/N-ethyl adjacent to an activating group) is 1. The molecule has 2 aromatic rings. The molecule has 0 bridgehead atoms. The summed E-state index contributed by atoms with van der Waals surface area (Å²) in [6.07, 6.45) is 2.79. The van der Waals surface area contributed by atoms with Crippen LogP contribution < -0.4 is 0 Å². The summed E-state index contributed by atoms with van der Waals surface area (Å²) in [5.74, 6) is -0.955. The Morgan fingerprint density at radius 2 is 2.06 bits per heavy atom. The highest BCUT2D eigenvalue weighted by atomic mass is 35.5. The Bertz CT molecular complexity index is 1260. The number of nitrogens with one attached hydrogen (secondary N) is 1. The van der Waals surface area contributed by atoms with Crippen molar-refractivity contribution in [2.45, 2.75) is 6.04 Å². The van der Waals surface area contributed by atoms with E-state index in [1.165, 1.54) is 18.2 Å². The van der Waals surface area contributed by atoms with Crippen LogP contribution in [0, 0.1) is 5.41 Å². The number of halogens is 2. The number of allylic oxidation sites excluding steroid dienone is 5. The second-order valence-electron chi connectivity index (χ2n) is 7.72. The van der Waals surface area contributed by atoms with Crippen LogP contribution in [0.3, 0.4) is 0 Å². The van der Waals surface area contributed by atoms with E-state index < -0.39 is 5.83 Å². The minimum atomic E-state index is -0.791. The molecule has 1 heterocycles. The van der Waals surface area contributed by atoms with Crippen molar-refractivity contribution in [3.8, 4) is 5.75 Å². The van der Waals surface area contributed by atoms with Crippen LogP contribution in [0.15, 0.2) is 76.6 Å².